The highest BCUT2D eigenvalue weighted by Crippen LogP contribution is 1.92. The SMILES string of the molecule is CCCCOC(=O)CC(=O)O.CCCOC(=O)CC(=O)O.CCOC(=O)CC(=O)O.COC(=O)CC(=O)O.COC(=O)CC(=O)OC.O=C(O)CC(=O)O.[OH3+]. The number of methoxy groups -OCH3 is 3. The zero-order valence-electron chi connectivity index (χ0n) is 31.1. The third-order valence-corrected chi connectivity index (χ3v) is 3.99. The van der Waals surface area contributed by atoms with Crippen molar-refractivity contribution in [1.29, 1.82) is 0 Å². The number of unbranched alkanes of at least 4 members (excludes halogenated alkanes) is 1. The number of aliphatic carboxylic acids is 6. The molecule has 0 aromatic rings. The maximum Gasteiger partial charge on any atom is 0.317 e. The van der Waals surface area contributed by atoms with Gasteiger partial charge in [-0.2, -0.15) is 0 Å². The van der Waals surface area contributed by atoms with Crippen LogP contribution in [-0.4, -0.2) is 143 Å². The van der Waals surface area contributed by atoms with E-state index in [2.05, 4.69) is 28.4 Å². The van der Waals surface area contributed by atoms with Gasteiger partial charge in [0, 0.05) is 0 Å². The molecule has 0 atom stereocenters. The average molecular weight is 812 g/mol. The van der Waals surface area contributed by atoms with Crippen molar-refractivity contribution in [3.05, 3.63) is 0 Å². The van der Waals surface area contributed by atoms with Gasteiger partial charge in [0.2, 0.25) is 0 Å². The van der Waals surface area contributed by atoms with Gasteiger partial charge in [-0.05, 0) is 19.8 Å². The Hall–Kier alpha value is -6.40. The van der Waals surface area contributed by atoms with Gasteiger partial charge < -0.3 is 64.5 Å². The van der Waals surface area contributed by atoms with Gasteiger partial charge in [0.1, 0.15) is 38.5 Å². The number of carbonyl (C=O) groups excluding carboxylic acids is 6. The molecule has 0 amide bonds. The Morgan fingerprint density at radius 3 is 0.855 bits per heavy atom. The molecule has 0 unspecified atom stereocenters. The number of ether oxygens (including phenoxy) is 6. The fourth-order valence-corrected chi connectivity index (χ4v) is 1.82. The summed E-state index contributed by atoms with van der Waals surface area (Å²) in [6.07, 6.45) is -0.877. The molecule has 0 bridgehead atoms. The molecule has 0 spiro atoms. The fraction of sp³-hybridized carbons (Fsp3) is 0.600. The number of hydrogen-bond acceptors (Lipinski definition) is 18. The predicted octanol–water partition coefficient (Wildman–Crippen LogP) is -0.777. The Kier molecular flexibility index (Phi) is 52.8. The van der Waals surface area contributed by atoms with Crippen molar-refractivity contribution in [2.24, 2.45) is 0 Å². The lowest BCUT2D eigenvalue weighted by molar-refractivity contribution is -0.153. The van der Waals surface area contributed by atoms with Gasteiger partial charge in [-0.25, -0.2) is 0 Å². The number of carboxylic acid groups (broad SMARTS) is 6. The molecule has 0 aromatic carbocycles. The summed E-state index contributed by atoms with van der Waals surface area (Å²) in [4.78, 5) is 120. The van der Waals surface area contributed by atoms with Crippen LogP contribution in [0.1, 0.15) is 78.6 Å². The molecule has 0 radical (unpaired) electrons. The van der Waals surface area contributed by atoms with Crippen LogP contribution in [0.2, 0.25) is 0 Å². The average Bonchev–Trinajstić information content (AvgIpc) is 3.03. The summed E-state index contributed by atoms with van der Waals surface area (Å²) >= 11 is 0. The molecule has 0 aliphatic carbocycles. The van der Waals surface area contributed by atoms with Gasteiger partial charge in [-0.3, -0.25) is 57.5 Å². The van der Waals surface area contributed by atoms with Crippen LogP contribution in [0.4, 0.5) is 0 Å². The number of hydrogen-bond donors (Lipinski definition) is 6. The van der Waals surface area contributed by atoms with E-state index in [0.29, 0.717) is 19.6 Å². The summed E-state index contributed by atoms with van der Waals surface area (Å²) in [6.45, 7) is 6.28. The molecule has 25 nitrogen and oxygen atoms in total. The molecule has 25 heteroatoms. The number of carboxylic acids is 6. The minimum Gasteiger partial charge on any atom is -0.481 e. The Labute approximate surface area is 313 Å². The van der Waals surface area contributed by atoms with Gasteiger partial charge in [0.05, 0.1) is 41.2 Å². The van der Waals surface area contributed by atoms with Crippen molar-refractivity contribution in [1.82, 2.24) is 0 Å². The summed E-state index contributed by atoms with van der Waals surface area (Å²) in [5, 5.41) is 47.6. The van der Waals surface area contributed by atoms with Gasteiger partial charge in [0.15, 0.2) is 0 Å². The van der Waals surface area contributed by atoms with Crippen LogP contribution in [0, 0.1) is 0 Å². The third kappa shape index (κ3) is 78.1. The molecule has 0 fully saturated rings. The molecule has 0 saturated heterocycles. The minimum atomic E-state index is -1.31. The van der Waals surface area contributed by atoms with Crippen LogP contribution >= 0.6 is 0 Å². The van der Waals surface area contributed by atoms with Crippen molar-refractivity contribution < 1.29 is 122 Å². The zero-order valence-corrected chi connectivity index (χ0v) is 31.1. The maximum absolute atomic E-state index is 10.5. The van der Waals surface area contributed by atoms with E-state index in [4.69, 9.17) is 30.6 Å². The van der Waals surface area contributed by atoms with Crippen molar-refractivity contribution in [3.8, 4) is 0 Å². The van der Waals surface area contributed by atoms with E-state index in [9.17, 15) is 57.5 Å². The lowest BCUT2D eigenvalue weighted by Crippen LogP contribution is -2.10. The van der Waals surface area contributed by atoms with Crippen molar-refractivity contribution in [2.45, 2.75) is 78.6 Å². The van der Waals surface area contributed by atoms with E-state index in [-0.39, 0.29) is 18.5 Å². The summed E-state index contributed by atoms with van der Waals surface area (Å²) < 4.78 is 25.8. The van der Waals surface area contributed by atoms with E-state index in [0.717, 1.165) is 20.0 Å². The van der Waals surface area contributed by atoms with Crippen LogP contribution in [0.15, 0.2) is 0 Å². The summed E-state index contributed by atoms with van der Waals surface area (Å²) in [5.74, 6) is -11.2. The topological polar surface area (TPSA) is 415 Å². The van der Waals surface area contributed by atoms with E-state index in [1.807, 2.05) is 13.8 Å². The van der Waals surface area contributed by atoms with Crippen molar-refractivity contribution in [3.63, 3.8) is 0 Å². The third-order valence-electron chi connectivity index (χ3n) is 3.99. The lowest BCUT2D eigenvalue weighted by Gasteiger charge is -1.99. The fourth-order valence-electron chi connectivity index (χ4n) is 1.82. The predicted molar refractivity (Wildman–Crippen MR) is 178 cm³/mol. The molecule has 55 heavy (non-hydrogen) atoms. The second kappa shape index (κ2) is 45.6. The van der Waals surface area contributed by atoms with Gasteiger partial charge in [-0.15, -0.1) is 0 Å². The van der Waals surface area contributed by atoms with Gasteiger partial charge in [0.25, 0.3) is 0 Å². The van der Waals surface area contributed by atoms with Crippen LogP contribution < -0.4 is 0 Å². The highest BCUT2D eigenvalue weighted by molar-refractivity contribution is 5.92. The van der Waals surface area contributed by atoms with Crippen LogP contribution in [0.3, 0.4) is 0 Å². The summed E-state index contributed by atoms with van der Waals surface area (Å²) in [6, 6.07) is 0. The normalized spacial score (nSPS) is 8.40. The maximum atomic E-state index is 10.5. The van der Waals surface area contributed by atoms with Gasteiger partial charge in [-0.1, -0.05) is 20.3 Å². The summed E-state index contributed by atoms with van der Waals surface area (Å²) in [5.41, 5.74) is 0. The molecular formula is C30H51O25+. The number of rotatable bonds is 18. The lowest BCUT2D eigenvalue weighted by atomic mass is 10.3. The highest BCUT2D eigenvalue weighted by Gasteiger charge is 2.09. The van der Waals surface area contributed by atoms with Gasteiger partial charge >= 0.3 is 71.6 Å². The van der Waals surface area contributed by atoms with E-state index in [1.165, 1.54) is 14.2 Å². The molecule has 0 aromatic heterocycles. The summed E-state index contributed by atoms with van der Waals surface area (Å²) in [7, 11) is 3.57. The van der Waals surface area contributed by atoms with E-state index < -0.39 is 104 Å². The highest BCUT2D eigenvalue weighted by atomic mass is 16.6. The molecule has 0 heterocycles. The Bertz CT molecular complexity index is 1150. The molecule has 9 N–H and O–H groups in total. The second-order valence-electron chi connectivity index (χ2n) is 8.75. The molecule has 0 aliphatic rings. The molecule has 320 valence electrons. The van der Waals surface area contributed by atoms with Crippen LogP contribution in [0.25, 0.3) is 0 Å². The first-order valence-electron chi connectivity index (χ1n) is 15.0. The standard InChI is InChI=1S/C7H12O4.C6H10O4.2C5H8O4.C4H6O4.C3H4O4.H2O/c1-2-3-4-11-7(10)5-6(8)9;1-2-3-10-6(9)4-5(7)8;1-8-4(6)3-5(7)9-2;1-2-9-5(8)3-4(6)7;1-8-4(7)2-3(5)6;4-2(5)1-3(6)7;/h2-5H2,1H3,(H,8,9);2-4H2,1H3,(H,7,8);3H2,1-2H3;2-3H2,1H3,(H,6,7);2H2,1H3,(H,5,6);1H2,(H,4,5)(H,6,7);1H2/p+1. The first kappa shape index (κ1) is 63.6. The smallest absolute Gasteiger partial charge is 0.317 e. The number of carbonyl (C=O) groups is 12. The number of esters is 6. The zero-order chi connectivity index (χ0) is 43.7. The van der Waals surface area contributed by atoms with Crippen LogP contribution in [0.5, 0.6) is 0 Å². The second-order valence-corrected chi connectivity index (χ2v) is 8.75. The Balaban J connectivity index is -0.000000101. The molecular weight excluding hydrogens is 760 g/mol. The van der Waals surface area contributed by atoms with Crippen molar-refractivity contribution in [2.75, 3.05) is 41.2 Å². The Morgan fingerprint density at radius 2 is 0.636 bits per heavy atom. The molecule has 0 aliphatic heterocycles. The first-order valence-corrected chi connectivity index (χ1v) is 15.0. The monoisotopic (exact) mass is 811 g/mol. The van der Waals surface area contributed by atoms with Crippen LogP contribution in [-0.2, 0) is 91.4 Å². The largest absolute Gasteiger partial charge is 0.481 e. The van der Waals surface area contributed by atoms with E-state index in [1.54, 1.807) is 6.92 Å². The quantitative estimate of drug-likeness (QED) is 0.0325. The molecule has 0 rings (SSSR count). The Morgan fingerprint density at radius 1 is 0.364 bits per heavy atom. The molecule has 0 saturated carbocycles. The van der Waals surface area contributed by atoms with Crippen molar-refractivity contribution >= 4 is 71.6 Å². The first-order chi connectivity index (χ1) is 25.0. The minimum absolute atomic E-state index is 0. The van der Waals surface area contributed by atoms with E-state index >= 15 is 0 Å².